The molecule has 0 saturated carbocycles. The van der Waals surface area contributed by atoms with Crippen molar-refractivity contribution in [2.24, 2.45) is 0 Å². The molecule has 0 radical (unpaired) electrons. The average molecular weight is 346 g/mol. The summed E-state index contributed by atoms with van der Waals surface area (Å²) in [5.74, 6) is 0.177. The number of benzene rings is 1. The highest BCUT2D eigenvalue weighted by Crippen LogP contribution is 2.24. The minimum Gasteiger partial charge on any atom is -0.341 e. The first-order valence-electron chi connectivity index (χ1n) is 7.99. The van der Waals surface area contributed by atoms with Crippen LogP contribution in [0.15, 0.2) is 41.8 Å². The fourth-order valence-electron chi connectivity index (χ4n) is 2.44. The third-order valence-corrected chi connectivity index (χ3v) is 4.79. The van der Waals surface area contributed by atoms with Gasteiger partial charge in [0.25, 0.3) is 5.91 Å². The van der Waals surface area contributed by atoms with Gasteiger partial charge < -0.3 is 10.6 Å². The molecule has 0 fully saturated rings. The molecule has 5 nitrogen and oxygen atoms in total. The van der Waals surface area contributed by atoms with Gasteiger partial charge in [-0.3, -0.25) is 10.1 Å². The molecule has 3 amide bonds. The molecule has 0 bridgehead atoms. The van der Waals surface area contributed by atoms with Gasteiger partial charge in [0, 0.05) is 12.6 Å². The van der Waals surface area contributed by atoms with Crippen LogP contribution in [-0.2, 0) is 4.79 Å². The van der Waals surface area contributed by atoms with E-state index in [1.807, 2.05) is 16.8 Å². The van der Waals surface area contributed by atoms with Gasteiger partial charge in [0.1, 0.15) is 6.04 Å². The van der Waals surface area contributed by atoms with Gasteiger partial charge in [-0.1, -0.05) is 44.2 Å². The predicted molar refractivity (Wildman–Crippen MR) is 96.1 cm³/mol. The van der Waals surface area contributed by atoms with Crippen LogP contribution in [0.3, 0.4) is 0 Å². The largest absolute Gasteiger partial charge is 0.341 e. The van der Waals surface area contributed by atoms with Crippen molar-refractivity contribution in [3.8, 4) is 0 Å². The number of carbonyl (C=O) groups is 2. The van der Waals surface area contributed by atoms with Gasteiger partial charge in [0.15, 0.2) is 6.54 Å². The standard InChI is InChI=1S/C18H23N3O2S/c1-12(2)13-6-8-14(9-7-13)17(15-5-4-10-24-15)20-11-16(22)21-18(23)19-3/h4-10,12,17,20H,11H2,1-3H3,(H2,19,21,22,23)/p+1/t17-/m0/s1. The third-order valence-electron chi connectivity index (χ3n) is 3.83. The van der Waals surface area contributed by atoms with Crippen molar-refractivity contribution < 1.29 is 14.9 Å². The van der Waals surface area contributed by atoms with Gasteiger partial charge >= 0.3 is 6.03 Å². The summed E-state index contributed by atoms with van der Waals surface area (Å²) < 4.78 is 0. The topological polar surface area (TPSA) is 74.8 Å². The highest BCUT2D eigenvalue weighted by molar-refractivity contribution is 7.10. The SMILES string of the molecule is CNC(=O)NC(=O)C[NH2+][C@@H](c1ccc(C(C)C)cc1)c1cccs1. The maximum atomic E-state index is 11.9. The lowest BCUT2D eigenvalue weighted by Gasteiger charge is -2.15. The van der Waals surface area contributed by atoms with Crippen molar-refractivity contribution in [3.63, 3.8) is 0 Å². The number of carbonyl (C=O) groups excluding carboxylic acids is 2. The number of quaternary nitrogens is 1. The molecule has 0 unspecified atom stereocenters. The summed E-state index contributed by atoms with van der Waals surface area (Å²) in [6.07, 6.45) is 0. The van der Waals surface area contributed by atoms with Gasteiger partial charge in [-0.15, -0.1) is 11.3 Å². The Bertz CT molecular complexity index is 666. The molecule has 1 atom stereocenters. The van der Waals surface area contributed by atoms with E-state index in [4.69, 9.17) is 0 Å². The van der Waals surface area contributed by atoms with E-state index >= 15 is 0 Å². The molecule has 2 aromatic rings. The van der Waals surface area contributed by atoms with Gasteiger partial charge in [0.05, 0.1) is 4.88 Å². The zero-order valence-electron chi connectivity index (χ0n) is 14.2. The zero-order valence-corrected chi connectivity index (χ0v) is 15.0. The van der Waals surface area contributed by atoms with E-state index in [0.29, 0.717) is 5.92 Å². The Balaban J connectivity index is 2.11. The molecule has 6 heteroatoms. The maximum absolute atomic E-state index is 11.9. The number of rotatable bonds is 6. The molecule has 24 heavy (non-hydrogen) atoms. The maximum Gasteiger partial charge on any atom is 0.321 e. The Morgan fingerprint density at radius 2 is 1.79 bits per heavy atom. The first kappa shape index (κ1) is 18.2. The fraction of sp³-hybridized carbons (Fsp3) is 0.333. The molecule has 0 aliphatic carbocycles. The van der Waals surface area contributed by atoms with Crippen LogP contribution in [0.2, 0.25) is 0 Å². The van der Waals surface area contributed by atoms with E-state index in [9.17, 15) is 9.59 Å². The molecule has 0 aliphatic heterocycles. The van der Waals surface area contributed by atoms with Crippen LogP contribution in [0.4, 0.5) is 4.79 Å². The molecular weight excluding hydrogens is 322 g/mol. The minimum absolute atomic E-state index is 0.0432. The number of urea groups is 1. The van der Waals surface area contributed by atoms with Crippen molar-refractivity contribution in [2.45, 2.75) is 25.8 Å². The van der Waals surface area contributed by atoms with E-state index in [1.54, 1.807) is 11.3 Å². The van der Waals surface area contributed by atoms with Crippen LogP contribution in [0.1, 0.15) is 41.8 Å². The van der Waals surface area contributed by atoms with Gasteiger partial charge in [-0.2, -0.15) is 0 Å². The van der Waals surface area contributed by atoms with Gasteiger partial charge in [-0.25, -0.2) is 4.79 Å². The van der Waals surface area contributed by atoms with E-state index in [1.165, 1.54) is 17.5 Å². The fourth-order valence-corrected chi connectivity index (χ4v) is 3.29. The van der Waals surface area contributed by atoms with Crippen LogP contribution in [0.25, 0.3) is 0 Å². The highest BCUT2D eigenvalue weighted by atomic mass is 32.1. The third kappa shape index (κ3) is 4.91. The van der Waals surface area contributed by atoms with Crippen molar-refractivity contribution >= 4 is 23.3 Å². The van der Waals surface area contributed by atoms with Crippen molar-refractivity contribution in [1.29, 1.82) is 0 Å². The molecule has 1 heterocycles. The number of amides is 3. The normalized spacial score (nSPS) is 12.0. The number of nitrogens with two attached hydrogens (primary N) is 1. The quantitative estimate of drug-likeness (QED) is 0.748. The van der Waals surface area contributed by atoms with Crippen molar-refractivity contribution in [2.75, 3.05) is 13.6 Å². The van der Waals surface area contributed by atoms with Crippen LogP contribution >= 0.6 is 11.3 Å². The first-order valence-corrected chi connectivity index (χ1v) is 8.87. The second kappa shape index (κ2) is 8.61. The molecule has 1 aromatic heterocycles. The lowest BCUT2D eigenvalue weighted by atomic mass is 9.98. The molecular formula is C18H24N3O2S+. The second-order valence-corrected chi connectivity index (χ2v) is 6.86. The Morgan fingerprint density at radius 3 is 2.33 bits per heavy atom. The summed E-state index contributed by atoms with van der Waals surface area (Å²) in [6, 6.07) is 12.1. The van der Waals surface area contributed by atoms with Crippen LogP contribution < -0.4 is 16.0 Å². The molecule has 4 N–H and O–H groups in total. The molecule has 0 saturated heterocycles. The van der Waals surface area contributed by atoms with E-state index in [2.05, 4.69) is 54.8 Å². The Morgan fingerprint density at radius 1 is 1.12 bits per heavy atom. The minimum atomic E-state index is -0.484. The number of hydrogen-bond acceptors (Lipinski definition) is 3. The van der Waals surface area contributed by atoms with Gasteiger partial charge in [0.2, 0.25) is 0 Å². The number of imide groups is 1. The van der Waals surface area contributed by atoms with E-state index in [0.717, 1.165) is 5.56 Å². The zero-order chi connectivity index (χ0) is 17.5. The summed E-state index contributed by atoms with van der Waals surface area (Å²) in [7, 11) is 1.48. The van der Waals surface area contributed by atoms with E-state index < -0.39 is 6.03 Å². The molecule has 2 rings (SSSR count). The second-order valence-electron chi connectivity index (χ2n) is 5.88. The molecule has 0 spiro atoms. The monoisotopic (exact) mass is 346 g/mol. The Kier molecular flexibility index (Phi) is 6.52. The highest BCUT2D eigenvalue weighted by Gasteiger charge is 2.20. The average Bonchev–Trinajstić information content (AvgIpc) is 3.09. The van der Waals surface area contributed by atoms with E-state index in [-0.39, 0.29) is 18.5 Å². The predicted octanol–water partition coefficient (Wildman–Crippen LogP) is 1.98. The lowest BCUT2D eigenvalue weighted by Crippen LogP contribution is -2.87. The summed E-state index contributed by atoms with van der Waals surface area (Å²) >= 11 is 1.66. The van der Waals surface area contributed by atoms with Crippen LogP contribution in [-0.4, -0.2) is 25.5 Å². The first-order chi connectivity index (χ1) is 11.5. The smallest absolute Gasteiger partial charge is 0.321 e. The van der Waals surface area contributed by atoms with Crippen molar-refractivity contribution in [3.05, 3.63) is 57.8 Å². The van der Waals surface area contributed by atoms with Crippen LogP contribution in [0.5, 0.6) is 0 Å². The molecule has 0 aliphatic rings. The van der Waals surface area contributed by atoms with Gasteiger partial charge in [-0.05, 0) is 22.9 Å². The lowest BCUT2D eigenvalue weighted by molar-refractivity contribution is -0.676. The molecule has 128 valence electrons. The van der Waals surface area contributed by atoms with Crippen molar-refractivity contribution in [1.82, 2.24) is 10.6 Å². The van der Waals surface area contributed by atoms with Crippen LogP contribution in [0, 0.1) is 0 Å². The summed E-state index contributed by atoms with van der Waals surface area (Å²) in [5.41, 5.74) is 2.44. The Hall–Kier alpha value is -2.18. The summed E-state index contributed by atoms with van der Waals surface area (Å²) in [4.78, 5) is 24.3. The Labute approximate surface area is 146 Å². The number of thiophene rings is 1. The number of nitrogens with one attached hydrogen (secondary N) is 2. The number of hydrogen-bond donors (Lipinski definition) is 3. The molecule has 1 aromatic carbocycles. The summed E-state index contributed by atoms with van der Waals surface area (Å²) in [6.45, 7) is 4.52. The summed E-state index contributed by atoms with van der Waals surface area (Å²) in [5, 5.41) is 8.65.